The summed E-state index contributed by atoms with van der Waals surface area (Å²) in [7, 11) is 0. The summed E-state index contributed by atoms with van der Waals surface area (Å²) in [4.78, 5) is 14.5. The molecule has 0 radical (unpaired) electrons. The van der Waals surface area contributed by atoms with E-state index in [9.17, 15) is 4.79 Å². The fourth-order valence-electron chi connectivity index (χ4n) is 2.71. The van der Waals surface area contributed by atoms with Gasteiger partial charge in [0.2, 0.25) is 0 Å². The van der Waals surface area contributed by atoms with Crippen LogP contribution in [-0.2, 0) is 4.79 Å². The molecule has 0 spiro atoms. The Hall–Kier alpha value is -1.55. The summed E-state index contributed by atoms with van der Waals surface area (Å²) < 4.78 is 5.61. The molecule has 4 nitrogen and oxygen atoms in total. The summed E-state index contributed by atoms with van der Waals surface area (Å²) in [6.45, 7) is 6.80. The summed E-state index contributed by atoms with van der Waals surface area (Å²) in [5.41, 5.74) is 0. The number of piperidine rings is 1. The average Bonchev–Trinajstić information content (AvgIpc) is 2.50. The van der Waals surface area contributed by atoms with Gasteiger partial charge in [-0.25, -0.2) is 0 Å². The van der Waals surface area contributed by atoms with Gasteiger partial charge in [0.25, 0.3) is 5.91 Å². The second-order valence-electron chi connectivity index (χ2n) is 5.74. The number of nitrogens with one attached hydrogen (secondary N) is 1. The Balaban J connectivity index is 1.69. The van der Waals surface area contributed by atoms with E-state index in [2.05, 4.69) is 17.1 Å². The first-order chi connectivity index (χ1) is 10.2. The van der Waals surface area contributed by atoms with Crippen molar-refractivity contribution in [2.24, 2.45) is 0 Å². The highest BCUT2D eigenvalue weighted by molar-refractivity contribution is 5.80. The molecule has 0 bridgehead atoms. The van der Waals surface area contributed by atoms with Crippen molar-refractivity contribution in [2.75, 3.05) is 19.6 Å². The van der Waals surface area contributed by atoms with Crippen molar-refractivity contribution in [2.45, 2.75) is 45.3 Å². The van der Waals surface area contributed by atoms with Crippen molar-refractivity contribution < 1.29 is 9.53 Å². The van der Waals surface area contributed by atoms with E-state index in [-0.39, 0.29) is 5.91 Å². The predicted octanol–water partition coefficient (Wildman–Crippen LogP) is 2.44. The molecule has 2 unspecified atom stereocenters. The van der Waals surface area contributed by atoms with Gasteiger partial charge in [0, 0.05) is 19.1 Å². The van der Waals surface area contributed by atoms with Crippen molar-refractivity contribution in [3.8, 4) is 5.75 Å². The minimum absolute atomic E-state index is 0.0523. The third-order valence-electron chi connectivity index (χ3n) is 4.06. The molecule has 2 atom stereocenters. The Morgan fingerprint density at radius 2 is 2.14 bits per heavy atom. The number of benzene rings is 1. The smallest absolute Gasteiger partial charge is 0.260 e. The monoisotopic (exact) mass is 290 g/mol. The van der Waals surface area contributed by atoms with Crippen LogP contribution in [0.15, 0.2) is 30.3 Å². The van der Waals surface area contributed by atoms with Crippen LogP contribution in [0.1, 0.15) is 33.1 Å². The van der Waals surface area contributed by atoms with E-state index in [1.165, 1.54) is 19.3 Å². The molecule has 1 N–H and O–H groups in total. The van der Waals surface area contributed by atoms with Crippen molar-refractivity contribution in [3.63, 3.8) is 0 Å². The van der Waals surface area contributed by atoms with Gasteiger partial charge < -0.3 is 10.1 Å². The fourth-order valence-corrected chi connectivity index (χ4v) is 2.71. The lowest BCUT2D eigenvalue weighted by Crippen LogP contribution is -2.44. The quantitative estimate of drug-likeness (QED) is 0.875. The SMILES string of the molecule is CC(Oc1ccccc1)C(=O)NCCN1CCCCC1C. The zero-order valence-corrected chi connectivity index (χ0v) is 13.0. The van der Waals surface area contributed by atoms with Crippen LogP contribution in [0.3, 0.4) is 0 Å². The van der Waals surface area contributed by atoms with Crippen molar-refractivity contribution >= 4 is 5.91 Å². The van der Waals surface area contributed by atoms with Crippen LogP contribution in [0.5, 0.6) is 5.75 Å². The second-order valence-corrected chi connectivity index (χ2v) is 5.74. The number of hydrogen-bond acceptors (Lipinski definition) is 3. The zero-order valence-electron chi connectivity index (χ0n) is 13.0. The van der Waals surface area contributed by atoms with Crippen LogP contribution in [0, 0.1) is 0 Å². The lowest BCUT2D eigenvalue weighted by atomic mass is 10.0. The highest BCUT2D eigenvalue weighted by atomic mass is 16.5. The molecule has 1 heterocycles. The largest absolute Gasteiger partial charge is 0.481 e. The number of carbonyl (C=O) groups is 1. The maximum absolute atomic E-state index is 12.0. The standard InChI is InChI=1S/C17H26N2O2/c1-14-8-6-7-12-19(14)13-11-18-17(20)15(2)21-16-9-4-3-5-10-16/h3-5,9-10,14-15H,6-8,11-13H2,1-2H3,(H,18,20). The van der Waals surface area contributed by atoms with Gasteiger partial charge in [0.15, 0.2) is 6.10 Å². The lowest BCUT2D eigenvalue weighted by Gasteiger charge is -2.33. The minimum atomic E-state index is -0.467. The number of hydrogen-bond donors (Lipinski definition) is 1. The molecule has 1 amide bonds. The molecule has 2 rings (SSSR count). The Morgan fingerprint density at radius 1 is 1.38 bits per heavy atom. The molecule has 0 aliphatic carbocycles. The molecule has 4 heteroatoms. The topological polar surface area (TPSA) is 41.6 Å². The van der Waals surface area contributed by atoms with Gasteiger partial charge >= 0.3 is 0 Å². The Kier molecular flexibility index (Phi) is 6.05. The van der Waals surface area contributed by atoms with Gasteiger partial charge in [-0.3, -0.25) is 9.69 Å². The lowest BCUT2D eigenvalue weighted by molar-refractivity contribution is -0.127. The molecule has 1 aromatic carbocycles. The summed E-state index contributed by atoms with van der Waals surface area (Å²) in [6, 6.07) is 10.1. The third-order valence-corrected chi connectivity index (χ3v) is 4.06. The highest BCUT2D eigenvalue weighted by Gasteiger charge is 2.19. The van der Waals surface area contributed by atoms with E-state index in [1.54, 1.807) is 6.92 Å². The number of carbonyl (C=O) groups excluding carboxylic acids is 1. The number of rotatable bonds is 6. The van der Waals surface area contributed by atoms with Crippen LogP contribution in [0.4, 0.5) is 0 Å². The van der Waals surface area contributed by atoms with Crippen LogP contribution in [-0.4, -0.2) is 42.6 Å². The van der Waals surface area contributed by atoms with Gasteiger partial charge in [-0.2, -0.15) is 0 Å². The van der Waals surface area contributed by atoms with Crippen molar-refractivity contribution in [1.82, 2.24) is 10.2 Å². The van der Waals surface area contributed by atoms with E-state index in [0.29, 0.717) is 12.6 Å². The molecule has 1 fully saturated rings. The summed E-state index contributed by atoms with van der Waals surface area (Å²) in [5, 5.41) is 2.96. The predicted molar refractivity (Wildman–Crippen MR) is 84.4 cm³/mol. The Bertz CT molecular complexity index is 436. The molecule has 1 saturated heterocycles. The second kappa shape index (κ2) is 8.03. The van der Waals surface area contributed by atoms with E-state index >= 15 is 0 Å². The molecule has 1 aliphatic heterocycles. The fraction of sp³-hybridized carbons (Fsp3) is 0.588. The van der Waals surface area contributed by atoms with Gasteiger partial charge in [0.05, 0.1) is 0 Å². The number of ether oxygens (including phenoxy) is 1. The first kappa shape index (κ1) is 15.8. The first-order valence-electron chi connectivity index (χ1n) is 7.90. The van der Waals surface area contributed by atoms with Crippen LogP contribution < -0.4 is 10.1 Å². The molecule has 21 heavy (non-hydrogen) atoms. The van der Waals surface area contributed by atoms with Gasteiger partial charge in [-0.05, 0) is 45.4 Å². The first-order valence-corrected chi connectivity index (χ1v) is 7.90. The maximum atomic E-state index is 12.0. The third kappa shape index (κ3) is 5.05. The molecule has 1 aliphatic rings. The van der Waals surface area contributed by atoms with Gasteiger partial charge in [-0.15, -0.1) is 0 Å². The minimum Gasteiger partial charge on any atom is -0.481 e. The van der Waals surface area contributed by atoms with E-state index in [0.717, 1.165) is 18.8 Å². The summed E-state index contributed by atoms with van der Waals surface area (Å²) in [6.07, 6.45) is 3.39. The molecule has 0 aromatic heterocycles. The number of likely N-dealkylation sites (tertiary alicyclic amines) is 1. The van der Waals surface area contributed by atoms with E-state index in [1.807, 2.05) is 30.3 Å². The van der Waals surface area contributed by atoms with Gasteiger partial charge in [-0.1, -0.05) is 24.6 Å². The van der Waals surface area contributed by atoms with Crippen LogP contribution in [0.2, 0.25) is 0 Å². The normalized spacial score (nSPS) is 20.8. The van der Waals surface area contributed by atoms with E-state index < -0.39 is 6.10 Å². The zero-order chi connectivity index (χ0) is 15.1. The molecular weight excluding hydrogens is 264 g/mol. The van der Waals surface area contributed by atoms with Crippen LogP contribution in [0.25, 0.3) is 0 Å². The number of amides is 1. The highest BCUT2D eigenvalue weighted by Crippen LogP contribution is 2.15. The maximum Gasteiger partial charge on any atom is 0.260 e. The van der Waals surface area contributed by atoms with E-state index in [4.69, 9.17) is 4.74 Å². The molecule has 1 aromatic rings. The number of nitrogens with zero attached hydrogens (tertiary/aromatic N) is 1. The van der Waals surface area contributed by atoms with Crippen molar-refractivity contribution in [3.05, 3.63) is 30.3 Å². The molecule has 116 valence electrons. The Labute approximate surface area is 127 Å². The summed E-state index contributed by atoms with van der Waals surface area (Å²) in [5.74, 6) is 0.674. The Morgan fingerprint density at radius 3 is 2.86 bits per heavy atom. The molecule has 0 saturated carbocycles. The van der Waals surface area contributed by atoms with Crippen molar-refractivity contribution in [1.29, 1.82) is 0 Å². The van der Waals surface area contributed by atoms with Crippen LogP contribution >= 0.6 is 0 Å². The summed E-state index contributed by atoms with van der Waals surface area (Å²) >= 11 is 0. The number of para-hydroxylation sites is 1. The average molecular weight is 290 g/mol. The van der Waals surface area contributed by atoms with Gasteiger partial charge in [0.1, 0.15) is 5.75 Å². The molecular formula is C17H26N2O2.